The summed E-state index contributed by atoms with van der Waals surface area (Å²) in [7, 11) is 1.84. The number of nitrogens with zero attached hydrogens (tertiary/aromatic N) is 3. The van der Waals surface area contributed by atoms with E-state index >= 15 is 0 Å². The van der Waals surface area contributed by atoms with Gasteiger partial charge in [-0.2, -0.15) is 0 Å². The molecule has 0 saturated carbocycles. The second-order valence-electron chi connectivity index (χ2n) is 10.1. The van der Waals surface area contributed by atoms with Gasteiger partial charge in [-0.1, -0.05) is 83.7 Å². The summed E-state index contributed by atoms with van der Waals surface area (Å²) in [5.41, 5.74) is 3.96. The summed E-state index contributed by atoms with van der Waals surface area (Å²) in [6.07, 6.45) is 6.76. The molecule has 1 aromatic carbocycles. The summed E-state index contributed by atoms with van der Waals surface area (Å²) >= 11 is 0. The van der Waals surface area contributed by atoms with Crippen LogP contribution >= 0.6 is 0 Å². The molecule has 0 atom stereocenters. The predicted octanol–water partition coefficient (Wildman–Crippen LogP) is 6.09. The van der Waals surface area contributed by atoms with Crippen LogP contribution < -0.4 is 5.32 Å². The molecule has 0 aromatic heterocycles. The number of hydrogen-bond donors (Lipinski definition) is 1. The summed E-state index contributed by atoms with van der Waals surface area (Å²) in [5.74, 6) is 1.54. The molecule has 2 aliphatic rings. The number of ether oxygens (including phenoxy) is 1. The number of allylic oxidation sites excluding steroid dienone is 3. The first kappa shape index (κ1) is 26.6. The number of amidine groups is 1. The first-order valence-corrected chi connectivity index (χ1v) is 12.8. The third-order valence-electron chi connectivity index (χ3n) is 6.70. The fraction of sp³-hybridized carbons (Fsp3) is 0.517. The topological polar surface area (TPSA) is 57.2 Å². The third-order valence-corrected chi connectivity index (χ3v) is 6.70. The Morgan fingerprint density at radius 3 is 2.40 bits per heavy atom. The maximum atomic E-state index is 12.8. The maximum absolute atomic E-state index is 12.8. The number of carbonyl (C=O) groups excluding carboxylic acids is 1. The fourth-order valence-corrected chi connectivity index (χ4v) is 4.75. The van der Waals surface area contributed by atoms with Gasteiger partial charge in [0.25, 0.3) is 0 Å². The summed E-state index contributed by atoms with van der Waals surface area (Å²) in [6.45, 7) is 16.9. The molecule has 0 radical (unpaired) electrons. The second kappa shape index (κ2) is 11.6. The lowest BCUT2D eigenvalue weighted by atomic mass is 9.79. The number of rotatable bonds is 6. The van der Waals surface area contributed by atoms with E-state index in [-0.39, 0.29) is 17.6 Å². The molecule has 2 saturated heterocycles. The average molecular weight is 479 g/mol. The minimum absolute atomic E-state index is 0.252. The smallest absolute Gasteiger partial charge is 0.410 e. The van der Waals surface area contributed by atoms with Gasteiger partial charge in [0.1, 0.15) is 6.61 Å². The first-order chi connectivity index (χ1) is 16.7. The van der Waals surface area contributed by atoms with E-state index in [4.69, 9.17) is 4.74 Å². The number of piperazine rings is 1. The third kappa shape index (κ3) is 5.98. The number of piperidine rings is 1. The van der Waals surface area contributed by atoms with Crippen molar-refractivity contribution >= 4 is 11.9 Å². The normalized spacial score (nSPS) is 21.3. The summed E-state index contributed by atoms with van der Waals surface area (Å²) in [5, 5.41) is 3.87. The van der Waals surface area contributed by atoms with Gasteiger partial charge < -0.3 is 15.0 Å². The Kier molecular flexibility index (Phi) is 8.82. The molecule has 0 unspecified atom stereocenters. The molecule has 190 valence electrons. The lowest BCUT2D eigenvalue weighted by Gasteiger charge is -2.53. The Morgan fingerprint density at radius 2 is 1.86 bits per heavy atom. The summed E-state index contributed by atoms with van der Waals surface area (Å²) in [6, 6.07) is 9.81. The van der Waals surface area contributed by atoms with Gasteiger partial charge in [-0.15, -0.1) is 0 Å². The van der Waals surface area contributed by atoms with Gasteiger partial charge in [-0.05, 0) is 36.7 Å². The van der Waals surface area contributed by atoms with Crippen molar-refractivity contribution in [1.82, 2.24) is 15.1 Å². The van der Waals surface area contributed by atoms with Crippen molar-refractivity contribution < 1.29 is 9.53 Å². The van der Waals surface area contributed by atoms with Crippen molar-refractivity contribution in [2.24, 2.45) is 16.8 Å². The molecule has 3 rings (SSSR count). The Morgan fingerprint density at radius 1 is 1.20 bits per heavy atom. The van der Waals surface area contributed by atoms with Gasteiger partial charge >= 0.3 is 6.09 Å². The van der Waals surface area contributed by atoms with Crippen LogP contribution in [0.3, 0.4) is 0 Å². The Hall–Kier alpha value is -3.02. The molecule has 6 nitrogen and oxygen atoms in total. The highest BCUT2D eigenvalue weighted by atomic mass is 16.6. The minimum Gasteiger partial charge on any atom is -0.445 e. The average Bonchev–Trinajstić information content (AvgIpc) is 2.84. The number of nitrogens with one attached hydrogen (secondary N) is 1. The Labute approximate surface area is 211 Å². The number of carbonyl (C=O) groups is 1. The van der Waals surface area contributed by atoms with Gasteiger partial charge in [0, 0.05) is 31.5 Å². The SMILES string of the molecule is C=C(C(C)C)N1C(=NC)/C(=C\CC)NC2(CCN(C(=O)OCc3ccccc3)CC2)/C1=C/C(C)C. The van der Waals surface area contributed by atoms with Crippen molar-refractivity contribution in [3.63, 3.8) is 0 Å². The van der Waals surface area contributed by atoms with E-state index < -0.39 is 0 Å². The number of benzene rings is 1. The maximum Gasteiger partial charge on any atom is 0.410 e. The van der Waals surface area contributed by atoms with Crippen molar-refractivity contribution in [1.29, 1.82) is 0 Å². The quantitative estimate of drug-likeness (QED) is 0.537. The first-order valence-electron chi connectivity index (χ1n) is 12.8. The van der Waals surface area contributed by atoms with Crippen LogP contribution in [0.4, 0.5) is 4.79 Å². The standard InChI is InChI=1S/C29H42N4O2/c1-8-12-25-27(30-7)33(23(6)22(4)5)26(19-21(2)3)29(31-25)15-17-32(18-16-29)28(34)35-20-24-13-10-9-11-14-24/h9-14,19,21-22,31H,6,8,15-18,20H2,1-5,7H3/b25-12+,26-19-,30-27?. The van der Waals surface area contributed by atoms with Crippen LogP contribution in [0.25, 0.3) is 0 Å². The van der Waals surface area contributed by atoms with E-state index in [2.05, 4.69) is 68.6 Å². The van der Waals surface area contributed by atoms with Crippen LogP contribution in [0.1, 0.15) is 59.4 Å². The van der Waals surface area contributed by atoms with E-state index in [9.17, 15) is 4.79 Å². The molecule has 1 N–H and O–H groups in total. The number of amides is 1. The summed E-state index contributed by atoms with van der Waals surface area (Å²) < 4.78 is 5.62. The molecular formula is C29H42N4O2. The van der Waals surface area contributed by atoms with E-state index in [0.29, 0.717) is 25.6 Å². The van der Waals surface area contributed by atoms with Crippen molar-refractivity contribution in [3.8, 4) is 0 Å². The molecule has 1 aromatic rings. The number of aliphatic imine (C=N–C) groups is 1. The molecule has 35 heavy (non-hydrogen) atoms. The Bertz CT molecular complexity index is 983. The molecule has 6 heteroatoms. The van der Waals surface area contributed by atoms with Crippen LogP contribution in [0.15, 0.2) is 71.1 Å². The summed E-state index contributed by atoms with van der Waals surface area (Å²) in [4.78, 5) is 21.6. The zero-order valence-electron chi connectivity index (χ0n) is 22.3. The van der Waals surface area contributed by atoms with Gasteiger partial charge in [0.2, 0.25) is 0 Å². The monoisotopic (exact) mass is 478 g/mol. The van der Waals surface area contributed by atoms with E-state index in [1.54, 1.807) is 0 Å². The van der Waals surface area contributed by atoms with Gasteiger partial charge in [0.15, 0.2) is 5.84 Å². The number of likely N-dealkylation sites (tertiary alicyclic amines) is 1. The van der Waals surface area contributed by atoms with Crippen LogP contribution in [-0.4, -0.2) is 47.4 Å². The lowest BCUT2D eigenvalue weighted by Crippen LogP contribution is -2.63. The second-order valence-corrected chi connectivity index (χ2v) is 10.1. The van der Waals surface area contributed by atoms with Crippen LogP contribution in [0.2, 0.25) is 0 Å². The zero-order valence-corrected chi connectivity index (χ0v) is 22.3. The molecule has 1 amide bonds. The van der Waals surface area contributed by atoms with Gasteiger partial charge in [-0.25, -0.2) is 4.79 Å². The molecule has 2 heterocycles. The molecular weight excluding hydrogens is 436 g/mol. The number of hydrogen-bond acceptors (Lipinski definition) is 4. The van der Waals surface area contributed by atoms with Crippen molar-refractivity contribution in [2.75, 3.05) is 20.1 Å². The molecule has 1 spiro atoms. The van der Waals surface area contributed by atoms with Crippen molar-refractivity contribution in [3.05, 3.63) is 71.7 Å². The fourth-order valence-electron chi connectivity index (χ4n) is 4.75. The lowest BCUT2D eigenvalue weighted by molar-refractivity contribution is 0.0755. The van der Waals surface area contributed by atoms with Gasteiger partial charge in [-0.3, -0.25) is 9.89 Å². The zero-order chi connectivity index (χ0) is 25.6. The Balaban J connectivity index is 1.87. The van der Waals surface area contributed by atoms with E-state index in [0.717, 1.165) is 42.1 Å². The highest BCUT2D eigenvalue weighted by Gasteiger charge is 2.47. The highest BCUT2D eigenvalue weighted by molar-refractivity contribution is 6.01. The van der Waals surface area contributed by atoms with Gasteiger partial charge in [0.05, 0.1) is 11.2 Å². The van der Waals surface area contributed by atoms with Crippen LogP contribution in [0.5, 0.6) is 0 Å². The molecule has 2 aliphatic heterocycles. The van der Waals surface area contributed by atoms with E-state index in [1.807, 2.05) is 42.3 Å². The van der Waals surface area contributed by atoms with E-state index in [1.165, 1.54) is 5.70 Å². The highest BCUT2D eigenvalue weighted by Crippen LogP contribution is 2.41. The molecule has 0 bridgehead atoms. The minimum atomic E-state index is -0.298. The largest absolute Gasteiger partial charge is 0.445 e. The van der Waals surface area contributed by atoms with Crippen LogP contribution in [-0.2, 0) is 11.3 Å². The van der Waals surface area contributed by atoms with Crippen molar-refractivity contribution in [2.45, 2.75) is 66.0 Å². The molecule has 2 fully saturated rings. The van der Waals surface area contributed by atoms with Crippen LogP contribution in [0, 0.1) is 11.8 Å². The predicted molar refractivity (Wildman–Crippen MR) is 144 cm³/mol. The molecule has 0 aliphatic carbocycles.